The number of aliphatic hydroxyl groups excluding tert-OH is 4. The Kier molecular flexibility index (Phi) is 6.37. The third kappa shape index (κ3) is 4.70. The van der Waals surface area contributed by atoms with Crippen molar-refractivity contribution in [1.82, 2.24) is 15.4 Å². The summed E-state index contributed by atoms with van der Waals surface area (Å²) in [5.41, 5.74) is 3.33. The van der Waals surface area contributed by atoms with E-state index in [0.29, 0.717) is 11.3 Å². The largest absolute Gasteiger partial charge is 0.394 e. The van der Waals surface area contributed by atoms with Crippen LogP contribution >= 0.6 is 0 Å². The third-order valence-electron chi connectivity index (χ3n) is 3.52. The Bertz CT molecular complexity index is 731. The number of benzene rings is 1. The highest BCUT2D eigenvalue weighted by molar-refractivity contribution is 5.98. The van der Waals surface area contributed by atoms with Crippen LogP contribution in [0.4, 0.5) is 0 Å². The maximum Gasteiger partial charge on any atom is 0.271 e. The summed E-state index contributed by atoms with van der Waals surface area (Å²) in [6.07, 6.45) is -3.25. The summed E-state index contributed by atoms with van der Waals surface area (Å²) in [4.78, 5) is 18.7. The van der Waals surface area contributed by atoms with E-state index >= 15 is 0 Å². The average molecular weight is 348 g/mol. The molecule has 25 heavy (non-hydrogen) atoms. The van der Waals surface area contributed by atoms with E-state index in [-0.39, 0.29) is 17.4 Å². The number of nitrogens with one attached hydrogen (secondary N) is 2. The van der Waals surface area contributed by atoms with E-state index < -0.39 is 24.9 Å². The third-order valence-corrected chi connectivity index (χ3v) is 3.52. The maximum absolute atomic E-state index is 11.9. The normalized spacial score (nSPS) is 15.5. The molecule has 0 unspecified atom stereocenters. The van der Waals surface area contributed by atoms with E-state index in [1.54, 1.807) is 37.3 Å². The van der Waals surface area contributed by atoms with Gasteiger partial charge in [0.05, 0.1) is 18.5 Å². The second-order valence-electron chi connectivity index (χ2n) is 5.38. The Labute approximate surface area is 143 Å². The van der Waals surface area contributed by atoms with Gasteiger partial charge in [0, 0.05) is 5.56 Å². The molecule has 0 radical (unpaired) electrons. The lowest BCUT2D eigenvalue weighted by Crippen LogP contribution is -2.34. The van der Waals surface area contributed by atoms with Crippen LogP contribution in [0.3, 0.4) is 0 Å². The number of aromatic amines is 1. The molecule has 0 fully saturated rings. The van der Waals surface area contributed by atoms with Crippen LogP contribution in [0.1, 0.15) is 34.9 Å². The highest BCUT2D eigenvalue weighted by Crippen LogP contribution is 2.17. The number of aromatic nitrogens is 2. The summed E-state index contributed by atoms with van der Waals surface area (Å²) in [6.45, 7) is 0.907. The molecule has 9 heteroatoms. The minimum absolute atomic E-state index is 0.138. The van der Waals surface area contributed by atoms with Gasteiger partial charge in [-0.2, -0.15) is 5.10 Å². The minimum Gasteiger partial charge on any atom is -0.394 e. The van der Waals surface area contributed by atoms with E-state index in [0.717, 1.165) is 0 Å². The molecule has 0 aliphatic heterocycles. The van der Waals surface area contributed by atoms with E-state index in [1.165, 1.54) is 6.20 Å². The Morgan fingerprint density at radius 1 is 1.28 bits per heavy atom. The number of imidazole rings is 1. The van der Waals surface area contributed by atoms with Crippen molar-refractivity contribution in [3.8, 4) is 0 Å². The second kappa shape index (κ2) is 8.49. The van der Waals surface area contributed by atoms with Gasteiger partial charge in [-0.25, -0.2) is 10.4 Å². The summed E-state index contributed by atoms with van der Waals surface area (Å²) in [7, 11) is 0. The molecule has 2 aromatic rings. The van der Waals surface area contributed by atoms with Crippen LogP contribution in [0.25, 0.3) is 0 Å². The van der Waals surface area contributed by atoms with Gasteiger partial charge in [-0.05, 0) is 19.1 Å². The first-order valence-electron chi connectivity index (χ1n) is 7.54. The van der Waals surface area contributed by atoms with E-state index in [2.05, 4.69) is 20.5 Å². The fraction of sp³-hybridized carbons (Fsp3) is 0.312. The summed E-state index contributed by atoms with van der Waals surface area (Å²) >= 11 is 0. The fourth-order valence-corrected chi connectivity index (χ4v) is 2.01. The molecule has 1 aromatic heterocycles. The summed E-state index contributed by atoms with van der Waals surface area (Å²) in [5, 5.41) is 41.7. The number of hydrazone groups is 1. The molecule has 1 heterocycles. The first-order valence-corrected chi connectivity index (χ1v) is 7.54. The smallest absolute Gasteiger partial charge is 0.271 e. The van der Waals surface area contributed by atoms with Crippen molar-refractivity contribution in [3.05, 3.63) is 53.6 Å². The number of rotatable bonds is 7. The number of amides is 1. The molecule has 0 aliphatic carbocycles. The SMILES string of the molecule is CC(=NNC(=O)c1ccccc1)c1ncc([C@@H](O)[C@H](O)[C@H](O)CO)[nH]1. The van der Waals surface area contributed by atoms with Crippen LogP contribution in [0, 0.1) is 0 Å². The van der Waals surface area contributed by atoms with Gasteiger partial charge < -0.3 is 25.4 Å². The number of hydrogen-bond acceptors (Lipinski definition) is 7. The number of hydrogen-bond donors (Lipinski definition) is 6. The maximum atomic E-state index is 11.9. The van der Waals surface area contributed by atoms with Crippen LogP contribution in [0.2, 0.25) is 0 Å². The first kappa shape index (κ1) is 18.7. The van der Waals surface area contributed by atoms with Gasteiger partial charge >= 0.3 is 0 Å². The molecule has 1 aromatic carbocycles. The Morgan fingerprint density at radius 3 is 2.60 bits per heavy atom. The lowest BCUT2D eigenvalue weighted by Gasteiger charge is -2.20. The van der Waals surface area contributed by atoms with Crippen molar-refractivity contribution in [3.63, 3.8) is 0 Å². The molecule has 134 valence electrons. The van der Waals surface area contributed by atoms with Gasteiger partial charge in [-0.3, -0.25) is 4.79 Å². The van der Waals surface area contributed by atoms with Crippen molar-refractivity contribution in [2.24, 2.45) is 5.10 Å². The quantitative estimate of drug-likeness (QED) is 0.288. The zero-order valence-corrected chi connectivity index (χ0v) is 13.5. The number of carbonyl (C=O) groups is 1. The van der Waals surface area contributed by atoms with Crippen LogP contribution in [0.15, 0.2) is 41.6 Å². The first-order chi connectivity index (χ1) is 11.9. The summed E-state index contributed by atoms with van der Waals surface area (Å²) < 4.78 is 0. The molecule has 6 N–H and O–H groups in total. The second-order valence-corrected chi connectivity index (χ2v) is 5.38. The molecule has 0 bridgehead atoms. The standard InChI is InChI=1S/C16H20N4O5/c1-9(19-20-16(25)10-5-3-2-4-6-10)15-17-7-11(18-15)13(23)14(24)12(22)8-21/h2-7,12-14,21-24H,8H2,1H3,(H,17,18)(H,20,25)/t12-,13-,14-/m1/s1. The molecule has 0 aliphatic rings. The van der Waals surface area contributed by atoms with Crippen LogP contribution in [-0.2, 0) is 0 Å². The average Bonchev–Trinajstić information content (AvgIpc) is 3.14. The van der Waals surface area contributed by atoms with Crippen LogP contribution in [0.5, 0.6) is 0 Å². The number of aliphatic hydroxyl groups is 4. The molecule has 1 amide bonds. The Morgan fingerprint density at radius 2 is 1.96 bits per heavy atom. The van der Waals surface area contributed by atoms with Gasteiger partial charge in [-0.1, -0.05) is 18.2 Å². The Balaban J connectivity index is 2.04. The molecule has 3 atom stereocenters. The molecule has 9 nitrogen and oxygen atoms in total. The predicted molar refractivity (Wildman–Crippen MR) is 88.8 cm³/mol. The lowest BCUT2D eigenvalue weighted by molar-refractivity contribution is -0.0788. The number of nitrogens with zero attached hydrogens (tertiary/aromatic N) is 2. The summed E-state index contributed by atoms with van der Waals surface area (Å²) in [6, 6.07) is 8.56. The number of H-pyrrole nitrogens is 1. The van der Waals surface area contributed by atoms with Crippen LogP contribution < -0.4 is 5.43 Å². The number of carbonyl (C=O) groups excluding carboxylic acids is 1. The van der Waals surface area contributed by atoms with Crippen molar-refractivity contribution in [2.75, 3.05) is 6.61 Å². The van der Waals surface area contributed by atoms with Gasteiger partial charge in [-0.15, -0.1) is 0 Å². The van der Waals surface area contributed by atoms with Crippen molar-refractivity contribution in [1.29, 1.82) is 0 Å². The molecular formula is C16H20N4O5. The highest BCUT2D eigenvalue weighted by Gasteiger charge is 2.27. The molecule has 0 saturated carbocycles. The monoisotopic (exact) mass is 348 g/mol. The zero-order chi connectivity index (χ0) is 18.4. The molecule has 0 saturated heterocycles. The van der Waals surface area contributed by atoms with Crippen molar-refractivity contribution in [2.45, 2.75) is 25.2 Å². The fourth-order valence-electron chi connectivity index (χ4n) is 2.01. The van der Waals surface area contributed by atoms with Crippen LogP contribution in [-0.4, -0.2) is 60.8 Å². The predicted octanol–water partition coefficient (Wildman–Crippen LogP) is -0.689. The van der Waals surface area contributed by atoms with Gasteiger partial charge in [0.15, 0.2) is 5.82 Å². The van der Waals surface area contributed by atoms with Crippen molar-refractivity contribution < 1.29 is 25.2 Å². The highest BCUT2D eigenvalue weighted by atomic mass is 16.4. The molecular weight excluding hydrogens is 328 g/mol. The van der Waals surface area contributed by atoms with Gasteiger partial charge in [0.2, 0.25) is 0 Å². The van der Waals surface area contributed by atoms with E-state index in [9.17, 15) is 20.1 Å². The van der Waals surface area contributed by atoms with Gasteiger partial charge in [0.1, 0.15) is 24.0 Å². The van der Waals surface area contributed by atoms with Gasteiger partial charge in [0.25, 0.3) is 5.91 Å². The molecule has 0 spiro atoms. The van der Waals surface area contributed by atoms with E-state index in [1.807, 2.05) is 0 Å². The molecule has 2 rings (SSSR count). The Hall–Kier alpha value is -2.59. The lowest BCUT2D eigenvalue weighted by atomic mass is 10.1. The minimum atomic E-state index is -1.58. The zero-order valence-electron chi connectivity index (χ0n) is 13.5. The van der Waals surface area contributed by atoms with E-state index in [4.69, 9.17) is 5.11 Å². The summed E-state index contributed by atoms with van der Waals surface area (Å²) in [5.74, 6) is -0.110. The van der Waals surface area contributed by atoms with Crippen molar-refractivity contribution >= 4 is 11.6 Å². The topological polar surface area (TPSA) is 151 Å².